The van der Waals surface area contributed by atoms with Gasteiger partial charge in [-0.2, -0.15) is 0 Å². The van der Waals surface area contributed by atoms with Crippen LogP contribution in [0.3, 0.4) is 0 Å². The van der Waals surface area contributed by atoms with Crippen molar-refractivity contribution in [3.63, 3.8) is 0 Å². The van der Waals surface area contributed by atoms with Gasteiger partial charge in [0.15, 0.2) is 10.9 Å². The van der Waals surface area contributed by atoms with E-state index < -0.39 is 5.97 Å². The van der Waals surface area contributed by atoms with Gasteiger partial charge in [-0.3, -0.25) is 9.59 Å². The lowest BCUT2D eigenvalue weighted by atomic mass is 10.0. The number of rotatable bonds is 6. The van der Waals surface area contributed by atoms with Crippen LogP contribution >= 0.6 is 11.3 Å². The van der Waals surface area contributed by atoms with Crippen LogP contribution in [0.15, 0.2) is 24.4 Å². The second kappa shape index (κ2) is 7.69. The van der Waals surface area contributed by atoms with Crippen LogP contribution in [-0.2, 0) is 16.0 Å². The van der Waals surface area contributed by atoms with E-state index in [4.69, 9.17) is 4.74 Å². The summed E-state index contributed by atoms with van der Waals surface area (Å²) in [5.41, 5.74) is 1.09. The standard InChI is InChI=1S/C16H16N2O5S/c1-9(19)10-4-5-12(22-2)11(6-10)7-14(20)18-16-17-8-13(24-16)15(21)23-3/h4-6,8H,7H2,1-3H3,(H,17,18,20). The first kappa shape index (κ1) is 17.6. The van der Waals surface area contributed by atoms with Crippen molar-refractivity contribution in [2.45, 2.75) is 13.3 Å². The summed E-state index contributed by atoms with van der Waals surface area (Å²) in [4.78, 5) is 39.3. The molecule has 0 radical (unpaired) electrons. The molecule has 8 heteroatoms. The maximum absolute atomic E-state index is 12.2. The average molecular weight is 348 g/mol. The number of methoxy groups -OCH3 is 2. The molecule has 2 aromatic rings. The fourth-order valence-electron chi connectivity index (χ4n) is 2.00. The molecule has 1 amide bonds. The van der Waals surface area contributed by atoms with Gasteiger partial charge in [-0.25, -0.2) is 9.78 Å². The fraction of sp³-hybridized carbons (Fsp3) is 0.250. The van der Waals surface area contributed by atoms with Gasteiger partial charge in [0.2, 0.25) is 5.91 Å². The number of nitrogens with zero attached hydrogens (tertiary/aromatic N) is 1. The van der Waals surface area contributed by atoms with E-state index in [1.54, 1.807) is 18.2 Å². The molecule has 0 saturated carbocycles. The van der Waals surface area contributed by atoms with Gasteiger partial charge in [-0.05, 0) is 25.1 Å². The maximum Gasteiger partial charge on any atom is 0.349 e. The number of esters is 1. The van der Waals surface area contributed by atoms with Crippen molar-refractivity contribution in [2.75, 3.05) is 19.5 Å². The third-order valence-corrected chi connectivity index (χ3v) is 4.07. The van der Waals surface area contributed by atoms with E-state index in [0.29, 0.717) is 26.9 Å². The molecule has 0 bridgehead atoms. The highest BCUT2D eigenvalue weighted by molar-refractivity contribution is 7.17. The minimum atomic E-state index is -0.510. The molecule has 0 atom stereocenters. The number of carbonyl (C=O) groups excluding carboxylic acids is 3. The number of hydrogen-bond acceptors (Lipinski definition) is 7. The molecule has 1 aromatic carbocycles. The minimum absolute atomic E-state index is 0.0113. The Hall–Kier alpha value is -2.74. The molecule has 0 saturated heterocycles. The highest BCUT2D eigenvalue weighted by Gasteiger charge is 2.15. The number of benzene rings is 1. The highest BCUT2D eigenvalue weighted by Crippen LogP contribution is 2.23. The molecule has 0 aliphatic heterocycles. The van der Waals surface area contributed by atoms with Crippen molar-refractivity contribution in [3.8, 4) is 5.75 Å². The van der Waals surface area contributed by atoms with Crippen molar-refractivity contribution < 1.29 is 23.9 Å². The third kappa shape index (κ3) is 4.17. The zero-order valence-corrected chi connectivity index (χ0v) is 14.2. The number of hydrogen-bond donors (Lipinski definition) is 1. The molecular weight excluding hydrogens is 332 g/mol. The summed E-state index contributed by atoms with van der Waals surface area (Å²) in [5, 5.41) is 2.90. The number of thiazole rings is 1. The predicted molar refractivity (Wildman–Crippen MR) is 88.8 cm³/mol. The van der Waals surface area contributed by atoms with Crippen LogP contribution in [-0.4, -0.2) is 36.9 Å². The summed E-state index contributed by atoms with van der Waals surface area (Å²) in [6, 6.07) is 4.92. The number of amides is 1. The summed E-state index contributed by atoms with van der Waals surface area (Å²) >= 11 is 1.02. The van der Waals surface area contributed by atoms with E-state index in [2.05, 4.69) is 15.0 Å². The lowest BCUT2D eigenvalue weighted by Gasteiger charge is -2.09. The molecule has 24 heavy (non-hydrogen) atoms. The van der Waals surface area contributed by atoms with Crippen LogP contribution in [0.4, 0.5) is 5.13 Å². The number of ether oxygens (including phenoxy) is 2. The van der Waals surface area contributed by atoms with Gasteiger partial charge in [-0.15, -0.1) is 0 Å². The van der Waals surface area contributed by atoms with E-state index in [1.165, 1.54) is 27.3 Å². The zero-order chi connectivity index (χ0) is 17.7. The SMILES string of the molecule is COC(=O)c1cnc(NC(=O)Cc2cc(C(C)=O)ccc2OC)s1. The van der Waals surface area contributed by atoms with Crippen LogP contribution in [0.25, 0.3) is 0 Å². The number of ketones is 1. The molecule has 1 aromatic heterocycles. The van der Waals surface area contributed by atoms with Gasteiger partial charge in [0.25, 0.3) is 0 Å². The lowest BCUT2D eigenvalue weighted by molar-refractivity contribution is -0.115. The van der Waals surface area contributed by atoms with E-state index in [9.17, 15) is 14.4 Å². The van der Waals surface area contributed by atoms with Crippen molar-refractivity contribution in [1.82, 2.24) is 4.98 Å². The van der Waals surface area contributed by atoms with E-state index in [1.807, 2.05) is 0 Å². The first-order valence-electron chi connectivity index (χ1n) is 6.96. The quantitative estimate of drug-likeness (QED) is 0.636. The molecule has 0 unspecified atom stereocenters. The summed E-state index contributed by atoms with van der Waals surface area (Å²) in [7, 11) is 2.77. The van der Waals surface area contributed by atoms with Gasteiger partial charge >= 0.3 is 5.97 Å². The minimum Gasteiger partial charge on any atom is -0.496 e. The zero-order valence-electron chi connectivity index (χ0n) is 13.4. The van der Waals surface area contributed by atoms with E-state index in [0.717, 1.165) is 11.3 Å². The largest absolute Gasteiger partial charge is 0.496 e. The van der Waals surface area contributed by atoms with Crippen LogP contribution in [0.2, 0.25) is 0 Å². The maximum atomic E-state index is 12.2. The Kier molecular flexibility index (Phi) is 5.64. The molecule has 126 valence electrons. The Morgan fingerprint density at radius 3 is 2.62 bits per heavy atom. The van der Waals surface area contributed by atoms with E-state index >= 15 is 0 Å². The molecule has 0 aliphatic rings. The average Bonchev–Trinajstić information content (AvgIpc) is 3.02. The molecule has 1 N–H and O–H groups in total. The molecule has 0 spiro atoms. The molecular formula is C16H16N2O5S. The van der Waals surface area contributed by atoms with Gasteiger partial charge in [-0.1, -0.05) is 11.3 Å². The first-order valence-corrected chi connectivity index (χ1v) is 7.78. The molecule has 0 fully saturated rings. The Labute approximate surface area is 142 Å². The van der Waals surface area contributed by atoms with Crippen LogP contribution < -0.4 is 10.1 Å². The summed E-state index contributed by atoms with van der Waals surface area (Å²) in [6.45, 7) is 1.45. The van der Waals surface area contributed by atoms with Crippen molar-refractivity contribution >= 4 is 34.1 Å². The smallest absolute Gasteiger partial charge is 0.349 e. The van der Waals surface area contributed by atoms with Gasteiger partial charge in [0.1, 0.15) is 10.6 Å². The normalized spacial score (nSPS) is 10.1. The van der Waals surface area contributed by atoms with Crippen LogP contribution in [0, 0.1) is 0 Å². The fourth-order valence-corrected chi connectivity index (χ4v) is 2.75. The van der Waals surface area contributed by atoms with Crippen molar-refractivity contribution in [1.29, 1.82) is 0 Å². The van der Waals surface area contributed by atoms with Gasteiger partial charge in [0, 0.05) is 11.1 Å². The number of aromatic nitrogens is 1. The Balaban J connectivity index is 2.11. The summed E-state index contributed by atoms with van der Waals surface area (Å²) in [5.74, 6) is -0.421. The number of nitrogens with one attached hydrogen (secondary N) is 1. The number of anilines is 1. The second-order valence-corrected chi connectivity index (χ2v) is 5.86. The summed E-state index contributed by atoms with van der Waals surface area (Å²) in [6.07, 6.45) is 1.35. The van der Waals surface area contributed by atoms with Crippen LogP contribution in [0.1, 0.15) is 32.5 Å². The molecule has 0 aliphatic carbocycles. The van der Waals surface area contributed by atoms with Crippen molar-refractivity contribution in [3.05, 3.63) is 40.4 Å². The Bertz CT molecular complexity index is 785. The number of Topliss-reactive ketones (excluding diaryl/α,β-unsaturated/α-hetero) is 1. The molecule has 2 rings (SSSR count). The molecule has 1 heterocycles. The number of carbonyl (C=O) groups is 3. The van der Waals surface area contributed by atoms with Crippen molar-refractivity contribution in [2.24, 2.45) is 0 Å². The second-order valence-electron chi connectivity index (χ2n) is 4.83. The lowest BCUT2D eigenvalue weighted by Crippen LogP contribution is -2.15. The van der Waals surface area contributed by atoms with Gasteiger partial charge in [0.05, 0.1) is 26.8 Å². The first-order chi connectivity index (χ1) is 11.4. The predicted octanol–water partition coefficient (Wildman–Crippen LogP) is 2.32. The topological polar surface area (TPSA) is 94.6 Å². The third-order valence-electron chi connectivity index (χ3n) is 3.18. The van der Waals surface area contributed by atoms with Gasteiger partial charge < -0.3 is 14.8 Å². The monoisotopic (exact) mass is 348 g/mol. The Morgan fingerprint density at radius 1 is 1.25 bits per heavy atom. The summed E-state index contributed by atoms with van der Waals surface area (Å²) < 4.78 is 9.80. The van der Waals surface area contributed by atoms with Crippen LogP contribution in [0.5, 0.6) is 5.75 Å². The molecule has 7 nitrogen and oxygen atoms in total. The van der Waals surface area contributed by atoms with E-state index in [-0.39, 0.29) is 18.1 Å². The highest BCUT2D eigenvalue weighted by atomic mass is 32.1. The Morgan fingerprint density at radius 2 is 2.00 bits per heavy atom.